The van der Waals surface area contributed by atoms with Crippen molar-refractivity contribution in [3.63, 3.8) is 0 Å². The SMILES string of the molecule is c1ccc(CCNC2CCCCCCC2)cc1. The molecule has 0 amide bonds. The summed E-state index contributed by atoms with van der Waals surface area (Å²) in [4.78, 5) is 0. The lowest BCUT2D eigenvalue weighted by Gasteiger charge is -2.21. The fourth-order valence-electron chi connectivity index (χ4n) is 2.73. The van der Waals surface area contributed by atoms with Crippen molar-refractivity contribution in [2.45, 2.75) is 57.4 Å². The molecule has 1 nitrogen and oxygen atoms in total. The molecular weight excluding hydrogens is 206 g/mol. The Hall–Kier alpha value is -0.820. The van der Waals surface area contributed by atoms with Crippen molar-refractivity contribution in [3.05, 3.63) is 35.9 Å². The lowest BCUT2D eigenvalue weighted by molar-refractivity contribution is 0.392. The zero-order chi connectivity index (χ0) is 11.8. The molecule has 0 radical (unpaired) electrons. The number of hydrogen-bond acceptors (Lipinski definition) is 1. The standard InChI is InChI=1S/C16H25N/c1-2-7-11-16(12-8-3-1)17-14-13-15-9-5-4-6-10-15/h4-6,9-10,16-17H,1-3,7-8,11-14H2. The molecule has 1 aliphatic carbocycles. The zero-order valence-electron chi connectivity index (χ0n) is 10.8. The van der Waals surface area contributed by atoms with Gasteiger partial charge in [-0.25, -0.2) is 0 Å². The van der Waals surface area contributed by atoms with E-state index in [2.05, 4.69) is 35.6 Å². The van der Waals surface area contributed by atoms with E-state index in [1.54, 1.807) is 0 Å². The highest BCUT2D eigenvalue weighted by molar-refractivity contribution is 5.14. The summed E-state index contributed by atoms with van der Waals surface area (Å²) in [5, 5.41) is 3.74. The molecule has 1 N–H and O–H groups in total. The average molecular weight is 231 g/mol. The van der Waals surface area contributed by atoms with Crippen molar-refractivity contribution in [1.82, 2.24) is 5.32 Å². The Kier molecular flexibility index (Phi) is 5.57. The van der Waals surface area contributed by atoms with Gasteiger partial charge in [0.15, 0.2) is 0 Å². The largest absolute Gasteiger partial charge is 0.314 e. The van der Waals surface area contributed by atoms with Gasteiger partial charge in [0, 0.05) is 6.04 Å². The summed E-state index contributed by atoms with van der Waals surface area (Å²) >= 11 is 0. The lowest BCUT2D eigenvalue weighted by atomic mass is 9.96. The number of rotatable bonds is 4. The molecule has 0 aromatic heterocycles. The fourth-order valence-corrected chi connectivity index (χ4v) is 2.73. The minimum atomic E-state index is 0.777. The minimum Gasteiger partial charge on any atom is -0.314 e. The van der Waals surface area contributed by atoms with Gasteiger partial charge in [-0.3, -0.25) is 0 Å². The molecule has 1 aliphatic rings. The van der Waals surface area contributed by atoms with Crippen molar-refractivity contribution < 1.29 is 0 Å². The first-order chi connectivity index (χ1) is 8.45. The maximum Gasteiger partial charge on any atom is 0.00671 e. The van der Waals surface area contributed by atoms with Gasteiger partial charge in [0.05, 0.1) is 0 Å². The van der Waals surface area contributed by atoms with Crippen molar-refractivity contribution in [1.29, 1.82) is 0 Å². The maximum absolute atomic E-state index is 3.74. The molecule has 0 aliphatic heterocycles. The predicted octanol–water partition coefficient (Wildman–Crippen LogP) is 3.93. The third-order valence-electron chi connectivity index (χ3n) is 3.79. The van der Waals surface area contributed by atoms with Crippen LogP contribution in [0.15, 0.2) is 30.3 Å². The molecular formula is C16H25N. The Morgan fingerprint density at radius 1 is 0.882 bits per heavy atom. The first-order valence-electron chi connectivity index (χ1n) is 7.22. The van der Waals surface area contributed by atoms with E-state index in [4.69, 9.17) is 0 Å². The highest BCUT2D eigenvalue weighted by atomic mass is 14.9. The summed E-state index contributed by atoms with van der Waals surface area (Å²) in [6.07, 6.45) is 11.1. The van der Waals surface area contributed by atoms with Crippen LogP contribution in [0.2, 0.25) is 0 Å². The third kappa shape index (κ3) is 4.91. The van der Waals surface area contributed by atoms with Crippen molar-refractivity contribution in [3.8, 4) is 0 Å². The fraction of sp³-hybridized carbons (Fsp3) is 0.625. The van der Waals surface area contributed by atoms with Gasteiger partial charge in [-0.1, -0.05) is 62.4 Å². The predicted molar refractivity (Wildman–Crippen MR) is 74.3 cm³/mol. The molecule has 1 saturated carbocycles. The topological polar surface area (TPSA) is 12.0 Å². The normalized spacial score (nSPS) is 18.6. The minimum absolute atomic E-state index is 0.777. The zero-order valence-corrected chi connectivity index (χ0v) is 10.8. The lowest BCUT2D eigenvalue weighted by Crippen LogP contribution is -2.31. The van der Waals surface area contributed by atoms with Gasteiger partial charge in [-0.15, -0.1) is 0 Å². The van der Waals surface area contributed by atoms with Crippen LogP contribution in [0.25, 0.3) is 0 Å². The second-order valence-electron chi connectivity index (χ2n) is 5.23. The molecule has 2 rings (SSSR count). The first-order valence-corrected chi connectivity index (χ1v) is 7.22. The van der Waals surface area contributed by atoms with Crippen LogP contribution in [0.1, 0.15) is 50.5 Å². The van der Waals surface area contributed by atoms with E-state index in [1.165, 1.54) is 50.5 Å². The van der Waals surface area contributed by atoms with Crippen LogP contribution in [-0.4, -0.2) is 12.6 Å². The van der Waals surface area contributed by atoms with Crippen molar-refractivity contribution in [2.24, 2.45) is 0 Å². The van der Waals surface area contributed by atoms with E-state index in [1.807, 2.05) is 0 Å². The van der Waals surface area contributed by atoms with E-state index in [9.17, 15) is 0 Å². The van der Waals surface area contributed by atoms with Crippen LogP contribution < -0.4 is 5.32 Å². The van der Waals surface area contributed by atoms with Crippen LogP contribution in [-0.2, 0) is 6.42 Å². The van der Waals surface area contributed by atoms with Gasteiger partial charge in [-0.05, 0) is 31.4 Å². The summed E-state index contributed by atoms with van der Waals surface area (Å²) < 4.78 is 0. The Labute approximate surface area is 106 Å². The van der Waals surface area contributed by atoms with Gasteiger partial charge in [0.2, 0.25) is 0 Å². The molecule has 0 unspecified atom stereocenters. The van der Waals surface area contributed by atoms with Gasteiger partial charge < -0.3 is 5.32 Å². The van der Waals surface area contributed by atoms with Gasteiger partial charge in [-0.2, -0.15) is 0 Å². The van der Waals surface area contributed by atoms with E-state index in [0.29, 0.717) is 0 Å². The third-order valence-corrected chi connectivity index (χ3v) is 3.79. The van der Waals surface area contributed by atoms with E-state index in [0.717, 1.165) is 19.0 Å². The molecule has 0 saturated heterocycles. The van der Waals surface area contributed by atoms with Gasteiger partial charge >= 0.3 is 0 Å². The molecule has 0 atom stereocenters. The smallest absolute Gasteiger partial charge is 0.00671 e. The monoisotopic (exact) mass is 231 g/mol. The Morgan fingerprint density at radius 3 is 2.24 bits per heavy atom. The summed E-state index contributed by atoms with van der Waals surface area (Å²) in [6.45, 7) is 1.13. The van der Waals surface area contributed by atoms with Crippen LogP contribution in [0.5, 0.6) is 0 Å². The van der Waals surface area contributed by atoms with Crippen LogP contribution in [0.3, 0.4) is 0 Å². The van der Waals surface area contributed by atoms with E-state index in [-0.39, 0.29) is 0 Å². The van der Waals surface area contributed by atoms with Crippen LogP contribution in [0, 0.1) is 0 Å². The Morgan fingerprint density at radius 2 is 1.53 bits per heavy atom. The summed E-state index contributed by atoms with van der Waals surface area (Å²) in [5.74, 6) is 0. The highest BCUT2D eigenvalue weighted by Crippen LogP contribution is 2.17. The molecule has 1 aromatic rings. The van der Waals surface area contributed by atoms with E-state index >= 15 is 0 Å². The van der Waals surface area contributed by atoms with Gasteiger partial charge in [0.25, 0.3) is 0 Å². The second-order valence-corrected chi connectivity index (χ2v) is 5.23. The van der Waals surface area contributed by atoms with Crippen LogP contribution >= 0.6 is 0 Å². The second kappa shape index (κ2) is 7.50. The molecule has 0 spiro atoms. The van der Waals surface area contributed by atoms with Crippen LogP contribution in [0.4, 0.5) is 0 Å². The maximum atomic E-state index is 3.74. The molecule has 94 valence electrons. The van der Waals surface area contributed by atoms with E-state index < -0.39 is 0 Å². The molecule has 1 aromatic carbocycles. The molecule has 0 heterocycles. The summed E-state index contributed by atoms with van der Waals surface area (Å²) in [5.41, 5.74) is 1.45. The summed E-state index contributed by atoms with van der Waals surface area (Å²) in [6, 6.07) is 11.6. The first kappa shape index (κ1) is 12.6. The number of benzene rings is 1. The van der Waals surface area contributed by atoms with Crippen molar-refractivity contribution >= 4 is 0 Å². The van der Waals surface area contributed by atoms with Crippen molar-refractivity contribution in [2.75, 3.05) is 6.54 Å². The molecule has 17 heavy (non-hydrogen) atoms. The Bertz CT molecular complexity index is 286. The molecule has 1 heteroatoms. The molecule has 0 bridgehead atoms. The Balaban J connectivity index is 1.66. The average Bonchev–Trinajstić information content (AvgIpc) is 2.33. The number of nitrogens with one attached hydrogen (secondary N) is 1. The van der Waals surface area contributed by atoms with Gasteiger partial charge in [0.1, 0.15) is 0 Å². The summed E-state index contributed by atoms with van der Waals surface area (Å²) in [7, 11) is 0. The molecule has 1 fully saturated rings. The quantitative estimate of drug-likeness (QED) is 0.828. The highest BCUT2D eigenvalue weighted by Gasteiger charge is 2.09. The number of hydrogen-bond donors (Lipinski definition) is 1.